The van der Waals surface area contributed by atoms with Gasteiger partial charge < -0.3 is 17.2 Å². The zero-order chi connectivity index (χ0) is 11.1. The number of benzene rings is 1. The number of aliphatic imine (C=N–C) groups is 2. The summed E-state index contributed by atoms with van der Waals surface area (Å²) in [4.78, 5) is 7.62. The normalized spacial score (nSPS) is 10.4. The van der Waals surface area contributed by atoms with Gasteiger partial charge in [-0.05, 0) is 12.0 Å². The Kier molecular flexibility index (Phi) is 7.28. The third kappa shape index (κ3) is 6.23. The summed E-state index contributed by atoms with van der Waals surface area (Å²) in [6.07, 6.45) is 0.821. The summed E-state index contributed by atoms with van der Waals surface area (Å²) in [6, 6.07) is 10.0. The first-order chi connectivity index (χ1) is 7.18. The van der Waals surface area contributed by atoms with Crippen LogP contribution in [0.4, 0.5) is 0 Å². The molecule has 0 aromatic heterocycles. The Morgan fingerprint density at radius 3 is 2.25 bits per heavy atom. The van der Waals surface area contributed by atoms with E-state index < -0.39 is 0 Å². The number of hydrogen-bond donors (Lipinski definition) is 3. The molecule has 0 fully saturated rings. The zero-order valence-corrected chi connectivity index (χ0v) is 10.2. The summed E-state index contributed by atoms with van der Waals surface area (Å²) in [6.45, 7) is 0.576. The topological polar surface area (TPSA) is 103 Å². The first kappa shape index (κ1) is 14.7. The quantitative estimate of drug-likeness (QED) is 0.409. The van der Waals surface area contributed by atoms with Crippen molar-refractivity contribution in [3.8, 4) is 0 Å². The molecule has 16 heavy (non-hydrogen) atoms. The average molecular weight is 313 g/mol. The van der Waals surface area contributed by atoms with Crippen molar-refractivity contribution in [3.63, 3.8) is 0 Å². The first-order valence-electron chi connectivity index (χ1n) is 4.62. The Morgan fingerprint density at radius 2 is 1.69 bits per heavy atom. The van der Waals surface area contributed by atoms with Crippen molar-refractivity contribution in [2.75, 3.05) is 6.54 Å². The fourth-order valence-corrected chi connectivity index (χ4v) is 1.11. The molecule has 6 N–H and O–H groups in total. The SMILES string of the molecule is NC(N)=NC(N)=NCCc1ccccc1.[Ag]. The van der Waals surface area contributed by atoms with Crippen LogP contribution in [0.1, 0.15) is 5.56 Å². The van der Waals surface area contributed by atoms with E-state index in [4.69, 9.17) is 17.2 Å². The van der Waals surface area contributed by atoms with Gasteiger partial charge >= 0.3 is 0 Å². The molecule has 0 aliphatic carbocycles. The summed E-state index contributed by atoms with van der Waals surface area (Å²) in [5, 5.41) is 0. The molecule has 1 radical (unpaired) electrons. The van der Waals surface area contributed by atoms with Gasteiger partial charge in [0, 0.05) is 28.9 Å². The molecule has 6 heteroatoms. The minimum atomic E-state index is -0.0732. The molecular formula is C10H15AgN5. The Morgan fingerprint density at radius 1 is 1.06 bits per heavy atom. The van der Waals surface area contributed by atoms with E-state index in [2.05, 4.69) is 9.98 Å². The van der Waals surface area contributed by atoms with E-state index in [1.807, 2.05) is 30.3 Å². The van der Waals surface area contributed by atoms with Gasteiger partial charge in [-0.1, -0.05) is 30.3 Å². The van der Waals surface area contributed by atoms with Gasteiger partial charge in [0.1, 0.15) is 0 Å². The van der Waals surface area contributed by atoms with Gasteiger partial charge in [-0.2, -0.15) is 4.99 Å². The number of hydrogen-bond acceptors (Lipinski definition) is 1. The molecule has 1 aromatic rings. The number of nitrogens with two attached hydrogens (primary N) is 3. The molecular weight excluding hydrogens is 298 g/mol. The van der Waals surface area contributed by atoms with Crippen LogP contribution in [0.5, 0.6) is 0 Å². The standard InChI is InChI=1S/C10H15N5.Ag/c11-9(12)15-10(13)14-7-6-8-4-2-1-3-5-8;/h1-5H,6-7H2,(H6,11,12,13,14,15);. The van der Waals surface area contributed by atoms with E-state index in [1.54, 1.807) is 0 Å². The van der Waals surface area contributed by atoms with Crippen molar-refractivity contribution in [1.29, 1.82) is 0 Å². The molecule has 0 atom stereocenters. The molecule has 0 spiro atoms. The Labute approximate surface area is 110 Å². The largest absolute Gasteiger partial charge is 0.370 e. The summed E-state index contributed by atoms with van der Waals surface area (Å²) in [5.41, 5.74) is 16.9. The van der Waals surface area contributed by atoms with Gasteiger partial charge in [-0.3, -0.25) is 4.99 Å². The molecule has 5 nitrogen and oxygen atoms in total. The van der Waals surface area contributed by atoms with Crippen LogP contribution in [-0.2, 0) is 28.8 Å². The van der Waals surface area contributed by atoms with Crippen LogP contribution < -0.4 is 17.2 Å². The maximum Gasteiger partial charge on any atom is 0.218 e. The summed E-state index contributed by atoms with van der Waals surface area (Å²) in [5.74, 6) is 0.0434. The van der Waals surface area contributed by atoms with Crippen molar-refractivity contribution in [2.24, 2.45) is 27.2 Å². The smallest absolute Gasteiger partial charge is 0.218 e. The first-order valence-corrected chi connectivity index (χ1v) is 4.62. The molecule has 1 aromatic carbocycles. The van der Waals surface area contributed by atoms with Gasteiger partial charge in [0.15, 0.2) is 5.96 Å². The molecule has 0 aliphatic rings. The number of rotatable bonds is 3. The monoisotopic (exact) mass is 312 g/mol. The van der Waals surface area contributed by atoms with Crippen LogP contribution in [0.2, 0.25) is 0 Å². The van der Waals surface area contributed by atoms with E-state index >= 15 is 0 Å². The van der Waals surface area contributed by atoms with Crippen LogP contribution in [-0.4, -0.2) is 18.5 Å². The number of guanidine groups is 2. The van der Waals surface area contributed by atoms with Crippen LogP contribution in [0.25, 0.3) is 0 Å². The summed E-state index contributed by atoms with van der Waals surface area (Å²) < 4.78 is 0. The van der Waals surface area contributed by atoms with Crippen LogP contribution in [0, 0.1) is 0 Å². The van der Waals surface area contributed by atoms with E-state index in [1.165, 1.54) is 5.56 Å². The van der Waals surface area contributed by atoms with Gasteiger partial charge in [0.05, 0.1) is 0 Å². The van der Waals surface area contributed by atoms with Crippen molar-refractivity contribution in [3.05, 3.63) is 35.9 Å². The van der Waals surface area contributed by atoms with Gasteiger partial charge in [0.2, 0.25) is 5.96 Å². The zero-order valence-electron chi connectivity index (χ0n) is 8.73. The van der Waals surface area contributed by atoms with Gasteiger partial charge in [-0.15, -0.1) is 0 Å². The van der Waals surface area contributed by atoms with Crippen LogP contribution in [0.3, 0.4) is 0 Å². The van der Waals surface area contributed by atoms with E-state index in [9.17, 15) is 0 Å². The predicted molar refractivity (Wildman–Crippen MR) is 62.4 cm³/mol. The van der Waals surface area contributed by atoms with Gasteiger partial charge in [-0.25, -0.2) is 0 Å². The van der Waals surface area contributed by atoms with E-state index in [-0.39, 0.29) is 34.3 Å². The second-order valence-electron chi connectivity index (χ2n) is 3.01. The van der Waals surface area contributed by atoms with E-state index in [0.717, 1.165) is 6.42 Å². The minimum Gasteiger partial charge on any atom is -0.370 e. The van der Waals surface area contributed by atoms with Crippen LogP contribution in [0.15, 0.2) is 40.3 Å². The third-order valence-electron chi connectivity index (χ3n) is 1.76. The maximum atomic E-state index is 5.44. The molecule has 0 unspecified atom stereocenters. The van der Waals surface area contributed by atoms with Crippen molar-refractivity contribution >= 4 is 11.9 Å². The molecule has 0 aliphatic heterocycles. The summed E-state index contributed by atoms with van der Waals surface area (Å²) in [7, 11) is 0. The van der Waals surface area contributed by atoms with Crippen molar-refractivity contribution in [2.45, 2.75) is 6.42 Å². The fourth-order valence-electron chi connectivity index (χ4n) is 1.11. The Hall–Kier alpha value is -1.30. The molecule has 0 amide bonds. The molecule has 0 heterocycles. The summed E-state index contributed by atoms with van der Waals surface area (Å²) >= 11 is 0. The maximum absolute atomic E-state index is 5.44. The predicted octanol–water partition coefficient (Wildman–Crippen LogP) is -0.185. The van der Waals surface area contributed by atoms with Crippen molar-refractivity contribution < 1.29 is 22.4 Å². The Balaban J connectivity index is 0.00000225. The fraction of sp³-hybridized carbons (Fsp3) is 0.200. The average Bonchev–Trinajstić information content (AvgIpc) is 2.18. The van der Waals surface area contributed by atoms with Crippen molar-refractivity contribution in [1.82, 2.24) is 0 Å². The molecule has 91 valence electrons. The second-order valence-corrected chi connectivity index (χ2v) is 3.01. The van der Waals surface area contributed by atoms with Gasteiger partial charge in [0.25, 0.3) is 0 Å². The molecule has 0 bridgehead atoms. The molecule has 1 rings (SSSR count). The molecule has 0 saturated heterocycles. The third-order valence-corrected chi connectivity index (χ3v) is 1.76. The van der Waals surface area contributed by atoms with E-state index in [0.29, 0.717) is 6.54 Å². The second kappa shape index (κ2) is 7.92. The van der Waals surface area contributed by atoms with Crippen LogP contribution >= 0.6 is 0 Å². The number of nitrogens with zero attached hydrogens (tertiary/aromatic N) is 2. The minimum absolute atomic E-state index is 0. The molecule has 0 saturated carbocycles. The Bertz CT molecular complexity index is 357.